The summed E-state index contributed by atoms with van der Waals surface area (Å²) >= 11 is 1.65. The first kappa shape index (κ1) is 12.2. The van der Waals surface area contributed by atoms with Crippen LogP contribution in [0.15, 0.2) is 16.8 Å². The van der Waals surface area contributed by atoms with Crippen molar-refractivity contribution < 1.29 is 4.79 Å². The largest absolute Gasteiger partial charge is 0.342 e. The van der Waals surface area contributed by atoms with E-state index in [-0.39, 0.29) is 5.91 Å². The highest BCUT2D eigenvalue weighted by Crippen LogP contribution is 2.35. The van der Waals surface area contributed by atoms with Gasteiger partial charge in [0, 0.05) is 19.1 Å². The van der Waals surface area contributed by atoms with E-state index in [1.165, 1.54) is 12.8 Å². The summed E-state index contributed by atoms with van der Waals surface area (Å²) in [6.45, 7) is 1.82. The Hall–Kier alpha value is -0.870. The Morgan fingerprint density at radius 2 is 2.33 bits per heavy atom. The predicted octanol–water partition coefficient (Wildman–Crippen LogP) is 1.88. The van der Waals surface area contributed by atoms with E-state index in [0.717, 1.165) is 25.1 Å². The van der Waals surface area contributed by atoms with Gasteiger partial charge in [-0.05, 0) is 47.1 Å². The standard InChI is InChI=1S/C14H20N2OS/c15-13-3-1-2-11-7-16(8-12(11)13)14(17)6-10-4-5-18-9-10/h4-5,9,11-13H,1-3,6-8,15H2. The molecular weight excluding hydrogens is 244 g/mol. The quantitative estimate of drug-likeness (QED) is 0.886. The third-order valence-corrected chi connectivity index (χ3v) is 5.17. The lowest BCUT2D eigenvalue weighted by atomic mass is 9.78. The van der Waals surface area contributed by atoms with Crippen molar-refractivity contribution in [3.8, 4) is 0 Å². The molecular formula is C14H20N2OS. The number of carbonyl (C=O) groups excluding carboxylic acids is 1. The maximum atomic E-state index is 12.3. The first-order valence-corrected chi connectivity index (χ1v) is 7.73. The average molecular weight is 264 g/mol. The minimum absolute atomic E-state index is 0.273. The van der Waals surface area contributed by atoms with E-state index in [0.29, 0.717) is 24.3 Å². The summed E-state index contributed by atoms with van der Waals surface area (Å²) in [4.78, 5) is 14.3. The van der Waals surface area contributed by atoms with Crippen LogP contribution in [0, 0.1) is 11.8 Å². The van der Waals surface area contributed by atoms with Gasteiger partial charge < -0.3 is 10.6 Å². The molecule has 1 aliphatic heterocycles. The molecule has 4 heteroatoms. The van der Waals surface area contributed by atoms with Crippen LogP contribution >= 0.6 is 11.3 Å². The highest BCUT2D eigenvalue weighted by Gasteiger charge is 2.40. The maximum absolute atomic E-state index is 12.3. The first-order chi connectivity index (χ1) is 8.74. The van der Waals surface area contributed by atoms with Gasteiger partial charge in [-0.15, -0.1) is 0 Å². The number of nitrogens with two attached hydrogens (primary N) is 1. The molecule has 98 valence electrons. The smallest absolute Gasteiger partial charge is 0.227 e. The van der Waals surface area contributed by atoms with Gasteiger partial charge in [-0.2, -0.15) is 11.3 Å². The summed E-state index contributed by atoms with van der Waals surface area (Å²) in [6, 6.07) is 2.35. The van der Waals surface area contributed by atoms with Crippen molar-refractivity contribution in [3.63, 3.8) is 0 Å². The van der Waals surface area contributed by atoms with Crippen LogP contribution in [-0.4, -0.2) is 29.9 Å². The highest BCUT2D eigenvalue weighted by atomic mass is 32.1. The van der Waals surface area contributed by atoms with Crippen molar-refractivity contribution in [1.29, 1.82) is 0 Å². The van der Waals surface area contributed by atoms with E-state index in [2.05, 4.69) is 5.38 Å². The molecule has 0 bridgehead atoms. The summed E-state index contributed by atoms with van der Waals surface area (Å²) in [5.74, 6) is 1.47. The number of amides is 1. The van der Waals surface area contributed by atoms with Crippen LogP contribution < -0.4 is 5.73 Å². The molecule has 0 spiro atoms. The molecule has 3 rings (SSSR count). The fraction of sp³-hybridized carbons (Fsp3) is 0.643. The fourth-order valence-corrected chi connectivity index (χ4v) is 4.07. The Kier molecular flexibility index (Phi) is 3.39. The Bertz CT molecular complexity index is 417. The van der Waals surface area contributed by atoms with Gasteiger partial charge in [0.1, 0.15) is 0 Å². The molecule has 2 aliphatic rings. The predicted molar refractivity (Wildman–Crippen MR) is 73.4 cm³/mol. The van der Waals surface area contributed by atoms with Crippen LogP contribution in [0.25, 0.3) is 0 Å². The average Bonchev–Trinajstić information content (AvgIpc) is 2.97. The molecule has 3 nitrogen and oxygen atoms in total. The van der Waals surface area contributed by atoms with Gasteiger partial charge in [0.15, 0.2) is 0 Å². The molecule has 1 aromatic rings. The number of likely N-dealkylation sites (tertiary alicyclic amines) is 1. The third kappa shape index (κ3) is 2.31. The van der Waals surface area contributed by atoms with Gasteiger partial charge >= 0.3 is 0 Å². The van der Waals surface area contributed by atoms with Crippen molar-refractivity contribution in [2.75, 3.05) is 13.1 Å². The van der Waals surface area contributed by atoms with Crippen LogP contribution in [-0.2, 0) is 11.2 Å². The van der Waals surface area contributed by atoms with E-state index in [1.54, 1.807) is 11.3 Å². The second-order valence-electron chi connectivity index (χ2n) is 5.63. The van der Waals surface area contributed by atoms with Crippen molar-refractivity contribution >= 4 is 17.2 Å². The third-order valence-electron chi connectivity index (χ3n) is 4.44. The normalized spacial score (nSPS) is 31.4. The molecule has 2 fully saturated rings. The molecule has 0 radical (unpaired) electrons. The summed E-state index contributed by atoms with van der Waals surface area (Å²) < 4.78 is 0. The lowest BCUT2D eigenvalue weighted by Crippen LogP contribution is -2.38. The van der Waals surface area contributed by atoms with E-state index >= 15 is 0 Å². The van der Waals surface area contributed by atoms with Gasteiger partial charge in [0.25, 0.3) is 0 Å². The Labute approximate surface area is 112 Å². The van der Waals surface area contributed by atoms with E-state index in [1.807, 2.05) is 16.3 Å². The zero-order valence-corrected chi connectivity index (χ0v) is 11.4. The molecule has 1 saturated carbocycles. The Balaban J connectivity index is 1.62. The number of hydrogen-bond donors (Lipinski definition) is 1. The summed E-state index contributed by atoms with van der Waals surface area (Å²) in [7, 11) is 0. The number of nitrogens with zero attached hydrogens (tertiary/aromatic N) is 1. The monoisotopic (exact) mass is 264 g/mol. The fourth-order valence-electron chi connectivity index (χ4n) is 3.40. The molecule has 1 aromatic heterocycles. The number of carbonyl (C=O) groups is 1. The van der Waals surface area contributed by atoms with Crippen molar-refractivity contribution in [3.05, 3.63) is 22.4 Å². The summed E-state index contributed by atoms with van der Waals surface area (Å²) in [6.07, 6.45) is 4.17. The molecule has 2 heterocycles. The molecule has 18 heavy (non-hydrogen) atoms. The number of rotatable bonds is 2. The second-order valence-corrected chi connectivity index (χ2v) is 6.41. The van der Waals surface area contributed by atoms with Gasteiger partial charge in [0.05, 0.1) is 6.42 Å². The van der Waals surface area contributed by atoms with Gasteiger partial charge in [-0.25, -0.2) is 0 Å². The molecule has 2 N–H and O–H groups in total. The Morgan fingerprint density at radius 1 is 1.44 bits per heavy atom. The van der Waals surface area contributed by atoms with Gasteiger partial charge in [-0.1, -0.05) is 6.42 Å². The van der Waals surface area contributed by atoms with Crippen LogP contribution in [0.3, 0.4) is 0 Å². The number of fused-ring (bicyclic) bond motifs is 1. The maximum Gasteiger partial charge on any atom is 0.227 e. The zero-order chi connectivity index (χ0) is 12.5. The Morgan fingerprint density at radius 3 is 3.06 bits per heavy atom. The SMILES string of the molecule is NC1CCCC2CN(C(=O)Cc3ccsc3)CC12. The van der Waals surface area contributed by atoms with Crippen molar-refractivity contribution in [1.82, 2.24) is 4.90 Å². The van der Waals surface area contributed by atoms with Crippen molar-refractivity contribution in [2.24, 2.45) is 17.6 Å². The molecule has 1 saturated heterocycles. The first-order valence-electron chi connectivity index (χ1n) is 6.78. The van der Waals surface area contributed by atoms with E-state index < -0.39 is 0 Å². The summed E-state index contributed by atoms with van der Waals surface area (Å²) in [5, 5.41) is 4.09. The lowest BCUT2D eigenvalue weighted by molar-refractivity contribution is -0.129. The summed E-state index contributed by atoms with van der Waals surface area (Å²) in [5.41, 5.74) is 7.32. The van der Waals surface area contributed by atoms with Crippen LogP contribution in [0.1, 0.15) is 24.8 Å². The second kappa shape index (κ2) is 5.02. The molecule has 0 aromatic carbocycles. The van der Waals surface area contributed by atoms with E-state index in [9.17, 15) is 4.79 Å². The molecule has 1 aliphatic carbocycles. The number of hydrogen-bond acceptors (Lipinski definition) is 3. The molecule has 1 amide bonds. The molecule has 3 atom stereocenters. The van der Waals surface area contributed by atoms with E-state index in [4.69, 9.17) is 5.73 Å². The molecule has 3 unspecified atom stereocenters. The lowest BCUT2D eigenvalue weighted by Gasteiger charge is -2.29. The topological polar surface area (TPSA) is 46.3 Å². The van der Waals surface area contributed by atoms with Crippen LogP contribution in [0.2, 0.25) is 0 Å². The minimum atomic E-state index is 0.273. The highest BCUT2D eigenvalue weighted by molar-refractivity contribution is 7.07. The number of thiophene rings is 1. The van der Waals surface area contributed by atoms with Crippen LogP contribution in [0.4, 0.5) is 0 Å². The zero-order valence-electron chi connectivity index (χ0n) is 10.5. The van der Waals surface area contributed by atoms with Crippen LogP contribution in [0.5, 0.6) is 0 Å². The van der Waals surface area contributed by atoms with Crippen molar-refractivity contribution in [2.45, 2.75) is 31.7 Å². The minimum Gasteiger partial charge on any atom is -0.342 e. The van der Waals surface area contributed by atoms with Gasteiger partial charge in [-0.3, -0.25) is 4.79 Å². The van der Waals surface area contributed by atoms with Gasteiger partial charge in [0.2, 0.25) is 5.91 Å².